The van der Waals surface area contributed by atoms with E-state index in [9.17, 15) is 14.4 Å². The molecule has 0 unspecified atom stereocenters. The number of hydrogen-bond donors (Lipinski definition) is 5. The number of carboxylic acid groups (broad SMARTS) is 1. The molecular weight excluding hydrogens is 1050 g/mol. The van der Waals surface area contributed by atoms with Gasteiger partial charge >= 0.3 is 20.2 Å². The minimum atomic E-state index is -0.935. The average molecular weight is 1140 g/mol. The lowest BCUT2D eigenvalue weighted by Crippen LogP contribution is -2.41. The summed E-state index contributed by atoms with van der Waals surface area (Å²) in [4.78, 5) is 51.1. The quantitative estimate of drug-likeness (QED) is 0.0941. The standard InChI is InChI=1S/C20H24N6O2.C19H29BN2O4.C13H17BO4.C6H14N2O.FH/c1-21-18-19-24-14-17(26(19)9-7-22-18)15-2-4-16(5-3-15)20(27)23-6-8-25-10-12-28-13-11-25;1-18(2)19(3,4)26-20(25-18)16-7-5-15(6-8-16)17(23)21-9-10-22-11-13-24-14-12-22;1-12(2)13(3,4)18-14(17-12)10-7-5-9(6-8-10)11(15)16;7-1-2-8-3-5-9-6-4-8;/h2-5,7,9,14H,6,8,10-13H2,1H3,(H,21,22)(H,23,27);5-8H,9-14H2,1-4H3,(H,21,23);5-8H,1-4H3,(H,15,16);1-7H2;1H. The van der Waals surface area contributed by atoms with Gasteiger partial charge in [-0.15, -0.1) is 0 Å². The van der Waals surface area contributed by atoms with Crippen LogP contribution in [0, 0.1) is 0 Å². The second kappa shape index (κ2) is 30.1. The number of imidazole rings is 1. The second-order valence-electron chi connectivity index (χ2n) is 22.3. The van der Waals surface area contributed by atoms with Gasteiger partial charge in [-0.25, -0.2) is 14.8 Å². The minimum Gasteiger partial charge on any atom is -0.478 e. The lowest BCUT2D eigenvalue weighted by atomic mass is 9.79. The molecule has 21 nitrogen and oxygen atoms in total. The van der Waals surface area contributed by atoms with Gasteiger partial charge < -0.3 is 59.6 Å². The van der Waals surface area contributed by atoms with Crippen molar-refractivity contribution in [1.82, 2.24) is 39.7 Å². The number of nitrogens with one attached hydrogen (secondary N) is 3. The van der Waals surface area contributed by atoms with E-state index in [0.29, 0.717) is 24.2 Å². The molecule has 5 saturated heterocycles. The molecule has 0 saturated carbocycles. The van der Waals surface area contributed by atoms with Gasteiger partial charge in [0.05, 0.1) is 79.5 Å². The predicted molar refractivity (Wildman–Crippen MR) is 317 cm³/mol. The number of carbonyl (C=O) groups is 3. The fourth-order valence-electron chi connectivity index (χ4n) is 9.15. The number of nitrogens with two attached hydrogens (primary N) is 1. The molecular formula is C58H85B2FN10O11. The van der Waals surface area contributed by atoms with E-state index >= 15 is 0 Å². The van der Waals surface area contributed by atoms with Crippen LogP contribution in [0.1, 0.15) is 86.5 Å². The zero-order valence-corrected chi connectivity index (χ0v) is 49.2. The normalized spacial score (nSPS) is 19.2. The van der Waals surface area contributed by atoms with Crippen LogP contribution in [-0.2, 0) is 32.8 Å². The van der Waals surface area contributed by atoms with Crippen molar-refractivity contribution < 1.29 is 57.0 Å². The van der Waals surface area contributed by atoms with Crippen molar-refractivity contribution in [1.29, 1.82) is 0 Å². The summed E-state index contributed by atoms with van der Waals surface area (Å²) in [6, 6.07) is 21.6. The van der Waals surface area contributed by atoms with Crippen molar-refractivity contribution in [2.24, 2.45) is 5.73 Å². The molecule has 0 radical (unpaired) electrons. The van der Waals surface area contributed by atoms with Crippen molar-refractivity contribution in [3.63, 3.8) is 0 Å². The van der Waals surface area contributed by atoms with E-state index in [-0.39, 0.29) is 44.5 Å². The molecule has 5 aromatic rings. The Morgan fingerprint density at radius 3 is 1.33 bits per heavy atom. The Labute approximate surface area is 482 Å². The molecule has 0 bridgehead atoms. The van der Waals surface area contributed by atoms with Gasteiger partial charge in [-0.2, -0.15) is 0 Å². The fourth-order valence-corrected chi connectivity index (χ4v) is 9.15. The van der Waals surface area contributed by atoms with Crippen molar-refractivity contribution in [3.8, 4) is 11.3 Å². The lowest BCUT2D eigenvalue weighted by molar-refractivity contribution is 0.00578. The average Bonchev–Trinajstić information content (AvgIpc) is 4.31. The van der Waals surface area contributed by atoms with Crippen molar-refractivity contribution in [3.05, 3.63) is 108 Å². The highest BCUT2D eigenvalue weighted by Crippen LogP contribution is 2.37. The first kappa shape index (κ1) is 65.3. The van der Waals surface area contributed by atoms with Crippen LogP contribution in [0.15, 0.2) is 91.4 Å². The first-order valence-electron chi connectivity index (χ1n) is 28.1. The van der Waals surface area contributed by atoms with Gasteiger partial charge in [0.2, 0.25) is 0 Å². The summed E-state index contributed by atoms with van der Waals surface area (Å²) in [5.74, 6) is -0.321. The van der Waals surface area contributed by atoms with Gasteiger partial charge in [0.15, 0.2) is 11.5 Å². The van der Waals surface area contributed by atoms with E-state index in [0.717, 1.165) is 139 Å². The molecule has 2 amide bonds. The van der Waals surface area contributed by atoms with Crippen molar-refractivity contribution in [2.45, 2.75) is 77.8 Å². The molecule has 0 aliphatic carbocycles. The number of aromatic carboxylic acids is 1. The SMILES string of the molecule is CC1(C)OB(c2ccc(C(=O)NCCN3CCOCC3)cc2)OC1(C)C.CC1(C)OB(c2ccc(C(=O)O)cc2)OC1(C)C.CNc1nccn2c(-c3ccc(C(=O)NCCN4CCOCC4)cc3)cnc12.F.NCCN1CCOCC1. The minimum absolute atomic E-state index is 0. The summed E-state index contributed by atoms with van der Waals surface area (Å²) in [6.07, 6.45) is 5.43. The molecule has 6 N–H and O–H groups in total. The highest BCUT2D eigenvalue weighted by molar-refractivity contribution is 6.62. The number of aromatic nitrogens is 3. The first-order valence-corrected chi connectivity index (χ1v) is 28.1. The van der Waals surface area contributed by atoms with Crippen LogP contribution >= 0.6 is 0 Å². The predicted octanol–water partition coefficient (Wildman–Crippen LogP) is 3.66. The van der Waals surface area contributed by atoms with E-state index in [1.807, 2.05) is 128 Å². The van der Waals surface area contributed by atoms with E-state index in [1.165, 1.54) is 0 Å². The number of anilines is 1. The molecule has 24 heteroatoms. The maximum atomic E-state index is 12.4. The summed E-state index contributed by atoms with van der Waals surface area (Å²) >= 11 is 0. The van der Waals surface area contributed by atoms with Crippen LogP contribution in [0.3, 0.4) is 0 Å². The molecule has 0 atom stereocenters. The zero-order valence-electron chi connectivity index (χ0n) is 49.2. The second-order valence-corrected chi connectivity index (χ2v) is 22.3. The van der Waals surface area contributed by atoms with Crippen LogP contribution in [-0.4, -0.2) is 214 Å². The maximum absolute atomic E-state index is 12.4. The Balaban J connectivity index is 0.000000186. The van der Waals surface area contributed by atoms with Gasteiger partial charge in [0, 0.05) is 115 Å². The van der Waals surface area contributed by atoms with Crippen molar-refractivity contribution >= 4 is 54.4 Å². The van der Waals surface area contributed by atoms with Gasteiger partial charge in [0.25, 0.3) is 11.8 Å². The van der Waals surface area contributed by atoms with Gasteiger partial charge in [-0.3, -0.25) is 33.4 Å². The molecule has 7 heterocycles. The number of ether oxygens (including phenoxy) is 3. The van der Waals surface area contributed by atoms with Crippen molar-refractivity contribution in [2.75, 3.05) is 131 Å². The van der Waals surface area contributed by atoms with E-state index < -0.39 is 20.2 Å². The van der Waals surface area contributed by atoms with E-state index in [2.05, 4.69) is 40.6 Å². The number of carboxylic acids is 1. The Bertz CT molecular complexity index is 2760. The summed E-state index contributed by atoms with van der Waals surface area (Å²) in [5, 5.41) is 17.9. The monoisotopic (exact) mass is 1140 g/mol. The largest absolute Gasteiger partial charge is 0.494 e. The summed E-state index contributed by atoms with van der Waals surface area (Å²) < 4.78 is 41.7. The number of morpholine rings is 3. The van der Waals surface area contributed by atoms with Crippen LogP contribution < -0.4 is 32.6 Å². The Kier molecular flexibility index (Phi) is 23.9. The molecule has 82 heavy (non-hydrogen) atoms. The van der Waals surface area contributed by atoms with Gasteiger partial charge in [-0.1, -0.05) is 36.4 Å². The smallest absolute Gasteiger partial charge is 0.478 e. The molecule has 5 aliphatic rings. The summed E-state index contributed by atoms with van der Waals surface area (Å²) in [6.45, 7) is 31.5. The number of hydrogen-bond acceptors (Lipinski definition) is 17. The van der Waals surface area contributed by atoms with E-state index in [1.54, 1.807) is 30.5 Å². The zero-order chi connectivity index (χ0) is 58.2. The van der Waals surface area contributed by atoms with E-state index in [4.69, 9.17) is 43.7 Å². The Morgan fingerprint density at radius 1 is 0.573 bits per heavy atom. The van der Waals surface area contributed by atoms with Gasteiger partial charge in [-0.05, 0) is 103 Å². The molecule has 0 spiro atoms. The number of fused-ring (bicyclic) bond motifs is 1. The first-order chi connectivity index (χ1) is 38.7. The third kappa shape index (κ3) is 17.6. The highest BCUT2D eigenvalue weighted by Gasteiger charge is 2.52. The van der Waals surface area contributed by atoms with Crippen LogP contribution in [0.4, 0.5) is 10.5 Å². The molecule has 2 aromatic heterocycles. The molecule has 5 fully saturated rings. The molecule has 5 aliphatic heterocycles. The van der Waals surface area contributed by atoms with Crippen LogP contribution in [0.5, 0.6) is 0 Å². The van der Waals surface area contributed by atoms with Crippen LogP contribution in [0.25, 0.3) is 16.9 Å². The molecule has 446 valence electrons. The highest BCUT2D eigenvalue weighted by atomic mass is 19.0. The number of benzene rings is 3. The fraction of sp³-hybridized carbons (Fsp3) is 0.534. The molecule has 10 rings (SSSR count). The topological polar surface area (TPSA) is 238 Å². The summed E-state index contributed by atoms with van der Waals surface area (Å²) in [7, 11) is 0.972. The summed E-state index contributed by atoms with van der Waals surface area (Å²) in [5.41, 5.74) is 9.89. The number of rotatable bonds is 15. The Hall–Kier alpha value is -5.89. The van der Waals surface area contributed by atoms with Crippen LogP contribution in [0.2, 0.25) is 0 Å². The number of amides is 2. The maximum Gasteiger partial charge on any atom is 0.494 e. The van der Waals surface area contributed by atoms with Gasteiger partial charge in [0.1, 0.15) is 0 Å². The third-order valence-electron chi connectivity index (χ3n) is 15.7. The number of carbonyl (C=O) groups excluding carboxylic acids is 2. The Morgan fingerprint density at radius 2 is 0.951 bits per heavy atom. The number of nitrogens with zero attached hydrogens (tertiary/aromatic N) is 6. The number of halogens is 1. The lowest BCUT2D eigenvalue weighted by Gasteiger charge is -2.32. The third-order valence-corrected chi connectivity index (χ3v) is 15.7. The molecule has 3 aromatic carbocycles.